The lowest BCUT2D eigenvalue weighted by molar-refractivity contribution is -0.132. The monoisotopic (exact) mass is 359 g/mol. The zero-order chi connectivity index (χ0) is 17.9. The molecule has 0 spiro atoms. The maximum Gasteiger partial charge on any atom is 0.238 e. The number of nitrogens with two attached hydrogens (primary N) is 1. The average Bonchev–Trinajstić information content (AvgIpc) is 2.61. The number of carbonyl (C=O) groups excluding carboxylic acids is 1. The predicted octanol–water partition coefficient (Wildman–Crippen LogP) is 1.64. The first-order valence-electron chi connectivity index (χ1n) is 8.25. The smallest absolute Gasteiger partial charge is 0.238 e. The van der Waals surface area contributed by atoms with Gasteiger partial charge in [-0.15, -0.1) is 0 Å². The minimum atomic E-state index is -3.73. The molecule has 0 unspecified atom stereocenters. The molecule has 3 rings (SSSR count). The van der Waals surface area contributed by atoms with Crippen LogP contribution in [0.5, 0.6) is 0 Å². The molecular formula is C18H21N3O3S. The van der Waals surface area contributed by atoms with Gasteiger partial charge in [-0.3, -0.25) is 9.78 Å². The van der Waals surface area contributed by atoms with E-state index in [1.807, 2.05) is 18.3 Å². The molecule has 1 aromatic carbocycles. The Labute approximate surface area is 147 Å². The number of fused-ring (bicyclic) bond motifs is 1. The van der Waals surface area contributed by atoms with E-state index in [4.69, 9.17) is 5.14 Å². The molecule has 2 aromatic rings. The molecule has 0 bridgehead atoms. The average molecular weight is 359 g/mol. The van der Waals surface area contributed by atoms with Gasteiger partial charge in [0.1, 0.15) is 0 Å². The van der Waals surface area contributed by atoms with Crippen LogP contribution in [0, 0.1) is 0 Å². The van der Waals surface area contributed by atoms with Crippen molar-refractivity contribution >= 4 is 15.9 Å². The molecule has 0 saturated heterocycles. The number of pyridine rings is 1. The summed E-state index contributed by atoms with van der Waals surface area (Å²) < 4.78 is 23.0. The summed E-state index contributed by atoms with van der Waals surface area (Å²) in [6.45, 7) is 1.10. The SMILES string of the molecule is NS(=O)(=O)c1ccc2c(c1)CN(C(=O)CCCc1cccnc1)CC2. The van der Waals surface area contributed by atoms with Crippen molar-refractivity contribution in [1.29, 1.82) is 0 Å². The van der Waals surface area contributed by atoms with E-state index in [0.717, 1.165) is 36.0 Å². The second-order valence-electron chi connectivity index (χ2n) is 6.26. The molecule has 2 N–H and O–H groups in total. The fourth-order valence-corrected chi connectivity index (χ4v) is 3.64. The van der Waals surface area contributed by atoms with Crippen molar-refractivity contribution in [3.05, 3.63) is 59.4 Å². The van der Waals surface area contributed by atoms with Crippen molar-refractivity contribution in [1.82, 2.24) is 9.88 Å². The summed E-state index contributed by atoms with van der Waals surface area (Å²) in [6.07, 6.45) is 6.34. The van der Waals surface area contributed by atoms with E-state index in [2.05, 4.69) is 4.98 Å². The van der Waals surface area contributed by atoms with Crippen molar-refractivity contribution in [2.75, 3.05) is 6.54 Å². The minimum absolute atomic E-state index is 0.0931. The number of hydrogen-bond donors (Lipinski definition) is 1. The summed E-state index contributed by atoms with van der Waals surface area (Å²) in [5.41, 5.74) is 3.06. The van der Waals surface area contributed by atoms with Crippen molar-refractivity contribution in [3.63, 3.8) is 0 Å². The highest BCUT2D eigenvalue weighted by Gasteiger charge is 2.22. The van der Waals surface area contributed by atoms with Gasteiger partial charge in [0.2, 0.25) is 15.9 Å². The third kappa shape index (κ3) is 4.43. The predicted molar refractivity (Wildman–Crippen MR) is 94.1 cm³/mol. The lowest BCUT2D eigenvalue weighted by atomic mass is 9.99. The van der Waals surface area contributed by atoms with E-state index < -0.39 is 10.0 Å². The standard InChI is InChI=1S/C18H21N3O3S/c19-25(23,24)17-7-6-15-8-10-21(13-16(15)11-17)18(22)5-1-3-14-4-2-9-20-12-14/h2,4,6-7,9,11-12H,1,3,5,8,10,13H2,(H2,19,23,24). The molecule has 6 nitrogen and oxygen atoms in total. The molecule has 2 heterocycles. The largest absolute Gasteiger partial charge is 0.338 e. The number of aryl methyl sites for hydroxylation is 1. The van der Waals surface area contributed by atoms with Crippen molar-refractivity contribution in [3.8, 4) is 0 Å². The summed E-state index contributed by atoms with van der Waals surface area (Å²) in [4.78, 5) is 18.4. The molecule has 1 aliphatic heterocycles. The number of sulfonamides is 1. The fraction of sp³-hybridized carbons (Fsp3) is 0.333. The molecule has 7 heteroatoms. The van der Waals surface area contributed by atoms with Gasteiger partial charge < -0.3 is 4.90 Å². The third-order valence-electron chi connectivity index (χ3n) is 4.45. The van der Waals surface area contributed by atoms with Crippen molar-refractivity contribution in [2.45, 2.75) is 37.1 Å². The summed E-state index contributed by atoms with van der Waals surface area (Å²) in [7, 11) is -3.73. The second-order valence-corrected chi connectivity index (χ2v) is 7.82. The highest BCUT2D eigenvalue weighted by molar-refractivity contribution is 7.89. The van der Waals surface area contributed by atoms with Crippen LogP contribution in [0.2, 0.25) is 0 Å². The number of rotatable bonds is 5. The number of nitrogens with zero attached hydrogens (tertiary/aromatic N) is 2. The van der Waals surface area contributed by atoms with Gasteiger partial charge in [-0.1, -0.05) is 12.1 Å². The van der Waals surface area contributed by atoms with Gasteiger partial charge in [0.15, 0.2) is 0 Å². The first kappa shape index (κ1) is 17.6. The van der Waals surface area contributed by atoms with Crippen LogP contribution in [0.25, 0.3) is 0 Å². The summed E-state index contributed by atoms with van der Waals surface area (Å²) in [6, 6.07) is 8.80. The molecular weight excluding hydrogens is 338 g/mol. The summed E-state index contributed by atoms with van der Waals surface area (Å²) in [5, 5.41) is 5.19. The van der Waals surface area contributed by atoms with Crippen LogP contribution < -0.4 is 5.14 Å². The zero-order valence-electron chi connectivity index (χ0n) is 13.9. The van der Waals surface area contributed by atoms with Crippen molar-refractivity contribution in [2.24, 2.45) is 5.14 Å². The van der Waals surface area contributed by atoms with Crippen LogP contribution in [0.15, 0.2) is 47.6 Å². The van der Waals surface area contributed by atoms with E-state index >= 15 is 0 Å². The second kappa shape index (κ2) is 7.33. The maximum absolute atomic E-state index is 12.4. The van der Waals surface area contributed by atoms with Crippen LogP contribution in [0.1, 0.15) is 29.5 Å². The first-order valence-corrected chi connectivity index (χ1v) is 9.79. The lowest BCUT2D eigenvalue weighted by Gasteiger charge is -2.29. The van der Waals surface area contributed by atoms with Gasteiger partial charge >= 0.3 is 0 Å². The van der Waals surface area contributed by atoms with Gasteiger partial charge in [0, 0.05) is 31.9 Å². The number of hydrogen-bond acceptors (Lipinski definition) is 4. The molecule has 0 saturated carbocycles. The summed E-state index contributed by atoms with van der Waals surface area (Å²) >= 11 is 0. The highest BCUT2D eigenvalue weighted by atomic mass is 32.2. The Morgan fingerprint density at radius 1 is 1.24 bits per heavy atom. The number of aromatic nitrogens is 1. The Hall–Kier alpha value is -2.25. The zero-order valence-corrected chi connectivity index (χ0v) is 14.7. The number of carbonyl (C=O) groups is 1. The molecule has 0 radical (unpaired) electrons. The van der Waals surface area contributed by atoms with Gasteiger partial charge in [0.05, 0.1) is 4.90 Å². The minimum Gasteiger partial charge on any atom is -0.338 e. The van der Waals surface area contributed by atoms with E-state index in [1.165, 1.54) is 6.07 Å². The van der Waals surface area contributed by atoms with E-state index in [9.17, 15) is 13.2 Å². The molecule has 0 aliphatic carbocycles. The Bertz CT molecular complexity index is 866. The molecule has 1 aromatic heterocycles. The molecule has 25 heavy (non-hydrogen) atoms. The Morgan fingerprint density at radius 2 is 2.08 bits per heavy atom. The van der Waals surface area contributed by atoms with Gasteiger partial charge in [-0.05, 0) is 54.2 Å². The quantitative estimate of drug-likeness (QED) is 0.878. The number of amides is 1. The first-order chi connectivity index (χ1) is 11.9. The van der Waals surface area contributed by atoms with E-state index in [-0.39, 0.29) is 10.8 Å². The normalized spacial score (nSPS) is 14.2. The molecule has 132 valence electrons. The highest BCUT2D eigenvalue weighted by Crippen LogP contribution is 2.23. The van der Waals surface area contributed by atoms with E-state index in [1.54, 1.807) is 23.2 Å². The Morgan fingerprint density at radius 3 is 2.80 bits per heavy atom. The molecule has 0 fully saturated rings. The van der Waals surface area contributed by atoms with E-state index in [0.29, 0.717) is 19.5 Å². The fourth-order valence-electron chi connectivity index (χ4n) is 3.07. The maximum atomic E-state index is 12.4. The number of benzene rings is 1. The van der Waals surface area contributed by atoms with Crippen LogP contribution in [-0.4, -0.2) is 30.8 Å². The number of primary sulfonamides is 1. The molecule has 0 atom stereocenters. The molecule has 1 amide bonds. The lowest BCUT2D eigenvalue weighted by Crippen LogP contribution is -2.36. The Kier molecular flexibility index (Phi) is 5.15. The third-order valence-corrected chi connectivity index (χ3v) is 5.36. The molecule has 1 aliphatic rings. The summed E-state index contributed by atoms with van der Waals surface area (Å²) in [5.74, 6) is 0.0931. The van der Waals surface area contributed by atoms with Crippen LogP contribution in [-0.2, 0) is 34.2 Å². The van der Waals surface area contributed by atoms with Gasteiger partial charge in [0.25, 0.3) is 0 Å². The van der Waals surface area contributed by atoms with Crippen LogP contribution >= 0.6 is 0 Å². The topological polar surface area (TPSA) is 93.4 Å². The van der Waals surface area contributed by atoms with Crippen LogP contribution in [0.3, 0.4) is 0 Å². The Balaban J connectivity index is 1.60. The van der Waals surface area contributed by atoms with Gasteiger partial charge in [-0.25, -0.2) is 13.6 Å². The van der Waals surface area contributed by atoms with Gasteiger partial charge in [-0.2, -0.15) is 0 Å². The van der Waals surface area contributed by atoms with Crippen molar-refractivity contribution < 1.29 is 13.2 Å². The van der Waals surface area contributed by atoms with Crippen LogP contribution in [0.4, 0.5) is 0 Å².